The number of aliphatic hydroxyl groups is 1. The topological polar surface area (TPSA) is 57.6 Å². The van der Waals surface area contributed by atoms with E-state index in [4.69, 9.17) is 5.11 Å². The van der Waals surface area contributed by atoms with Crippen molar-refractivity contribution in [2.45, 2.75) is 13.0 Å². The molecule has 4 nitrogen and oxygen atoms in total. The number of nitrogens with zero attached hydrogens (tertiary/aromatic N) is 1. The van der Waals surface area contributed by atoms with Gasteiger partial charge in [0.15, 0.2) is 5.78 Å². The number of hydrogen-bond acceptors (Lipinski definition) is 3. The van der Waals surface area contributed by atoms with Gasteiger partial charge in [0.25, 0.3) is 5.91 Å². The van der Waals surface area contributed by atoms with Crippen molar-refractivity contribution in [3.8, 4) is 11.1 Å². The zero-order valence-corrected chi connectivity index (χ0v) is 12.5. The summed E-state index contributed by atoms with van der Waals surface area (Å²) in [6, 6.07) is 12.4. The fourth-order valence-electron chi connectivity index (χ4n) is 2.69. The van der Waals surface area contributed by atoms with Crippen LogP contribution in [0.5, 0.6) is 0 Å². The number of ketones is 1. The van der Waals surface area contributed by atoms with Crippen LogP contribution in [0.25, 0.3) is 11.1 Å². The largest absolute Gasteiger partial charge is 0.394 e. The number of likely N-dealkylation sites (N-methyl/N-ethyl adjacent to an activating group) is 1. The van der Waals surface area contributed by atoms with E-state index >= 15 is 0 Å². The number of carbonyl (C=O) groups excluding carboxylic acids is 2. The van der Waals surface area contributed by atoms with E-state index in [0.29, 0.717) is 16.7 Å². The Labute approximate surface area is 129 Å². The van der Waals surface area contributed by atoms with Crippen LogP contribution < -0.4 is 0 Å². The molecule has 0 aromatic heterocycles. The van der Waals surface area contributed by atoms with Gasteiger partial charge in [0.05, 0.1) is 12.6 Å². The monoisotopic (exact) mass is 295 g/mol. The standard InChI is InChI=1S/C18H17NO3/c1-11(10-20)19(2)18(22)12-7-8-14-13-5-3-4-6-15(13)17(21)16(14)9-12/h3-9,11,20H,10H2,1-2H3. The summed E-state index contributed by atoms with van der Waals surface area (Å²) in [5, 5.41) is 9.17. The van der Waals surface area contributed by atoms with Crippen molar-refractivity contribution in [1.82, 2.24) is 4.90 Å². The summed E-state index contributed by atoms with van der Waals surface area (Å²) in [4.78, 5) is 26.4. The Balaban J connectivity index is 2.00. The van der Waals surface area contributed by atoms with E-state index in [2.05, 4.69) is 0 Å². The highest BCUT2D eigenvalue weighted by Crippen LogP contribution is 2.36. The Morgan fingerprint density at radius 2 is 1.73 bits per heavy atom. The minimum Gasteiger partial charge on any atom is -0.394 e. The second kappa shape index (κ2) is 5.39. The molecule has 1 amide bonds. The van der Waals surface area contributed by atoms with Crippen molar-refractivity contribution >= 4 is 11.7 Å². The van der Waals surface area contributed by atoms with Gasteiger partial charge in [0.1, 0.15) is 0 Å². The van der Waals surface area contributed by atoms with Crippen LogP contribution in [-0.2, 0) is 0 Å². The lowest BCUT2D eigenvalue weighted by molar-refractivity contribution is 0.0682. The third-order valence-corrected chi connectivity index (χ3v) is 4.22. The molecule has 112 valence electrons. The first-order valence-corrected chi connectivity index (χ1v) is 7.20. The van der Waals surface area contributed by atoms with Crippen LogP contribution in [0.1, 0.15) is 33.2 Å². The van der Waals surface area contributed by atoms with Crippen molar-refractivity contribution in [3.63, 3.8) is 0 Å². The maximum Gasteiger partial charge on any atom is 0.253 e. The minimum atomic E-state index is -0.270. The Morgan fingerprint density at radius 3 is 2.41 bits per heavy atom. The van der Waals surface area contributed by atoms with E-state index in [1.807, 2.05) is 24.3 Å². The number of rotatable bonds is 3. The number of fused-ring (bicyclic) bond motifs is 3. The molecule has 2 aromatic rings. The van der Waals surface area contributed by atoms with E-state index < -0.39 is 0 Å². The summed E-state index contributed by atoms with van der Waals surface area (Å²) in [7, 11) is 1.65. The molecule has 22 heavy (non-hydrogen) atoms. The molecule has 2 aromatic carbocycles. The van der Waals surface area contributed by atoms with Gasteiger partial charge in [0, 0.05) is 23.7 Å². The predicted octanol–water partition coefficient (Wildman–Crippen LogP) is 2.35. The van der Waals surface area contributed by atoms with Gasteiger partial charge in [-0.25, -0.2) is 0 Å². The second-order valence-corrected chi connectivity index (χ2v) is 5.58. The summed E-state index contributed by atoms with van der Waals surface area (Å²) in [6.07, 6.45) is 0. The Kier molecular flexibility index (Phi) is 3.54. The van der Waals surface area contributed by atoms with Crippen LogP contribution in [-0.4, -0.2) is 41.4 Å². The van der Waals surface area contributed by atoms with Gasteiger partial charge >= 0.3 is 0 Å². The highest BCUT2D eigenvalue weighted by atomic mass is 16.3. The first-order chi connectivity index (χ1) is 10.5. The Morgan fingerprint density at radius 1 is 1.09 bits per heavy atom. The summed E-state index contributed by atoms with van der Waals surface area (Å²) >= 11 is 0. The molecule has 0 bridgehead atoms. The molecule has 0 spiro atoms. The highest BCUT2D eigenvalue weighted by molar-refractivity contribution is 6.22. The summed E-state index contributed by atoms with van der Waals surface area (Å²) < 4.78 is 0. The molecular weight excluding hydrogens is 278 g/mol. The first-order valence-electron chi connectivity index (χ1n) is 7.20. The third kappa shape index (κ3) is 2.12. The molecule has 1 unspecified atom stereocenters. The van der Waals surface area contributed by atoms with Gasteiger partial charge in [0.2, 0.25) is 0 Å². The molecule has 1 aliphatic rings. The van der Waals surface area contributed by atoms with Crippen LogP contribution in [0.15, 0.2) is 42.5 Å². The fourth-order valence-corrected chi connectivity index (χ4v) is 2.69. The first kappa shape index (κ1) is 14.5. The average Bonchev–Trinajstić information content (AvgIpc) is 2.85. The molecule has 4 heteroatoms. The molecule has 0 heterocycles. The molecular formula is C18H17NO3. The van der Waals surface area contributed by atoms with Gasteiger partial charge in [-0.3, -0.25) is 9.59 Å². The number of carbonyl (C=O) groups is 2. The van der Waals surface area contributed by atoms with Crippen molar-refractivity contribution in [2.24, 2.45) is 0 Å². The van der Waals surface area contributed by atoms with Crippen LogP contribution in [0.4, 0.5) is 0 Å². The smallest absolute Gasteiger partial charge is 0.253 e. The van der Waals surface area contributed by atoms with Gasteiger partial charge in [-0.2, -0.15) is 0 Å². The lowest BCUT2D eigenvalue weighted by atomic mass is 10.0. The van der Waals surface area contributed by atoms with E-state index in [1.165, 1.54) is 4.90 Å². The van der Waals surface area contributed by atoms with Crippen molar-refractivity contribution in [3.05, 3.63) is 59.2 Å². The lowest BCUT2D eigenvalue weighted by Crippen LogP contribution is -2.37. The summed E-state index contributed by atoms with van der Waals surface area (Å²) in [5.41, 5.74) is 3.49. The summed E-state index contributed by atoms with van der Waals surface area (Å²) in [5.74, 6) is -0.244. The molecule has 0 saturated carbocycles. The van der Waals surface area contributed by atoms with E-state index in [-0.39, 0.29) is 24.3 Å². The summed E-state index contributed by atoms with van der Waals surface area (Å²) in [6.45, 7) is 1.67. The lowest BCUT2D eigenvalue weighted by Gasteiger charge is -2.23. The van der Waals surface area contributed by atoms with E-state index in [0.717, 1.165) is 11.1 Å². The van der Waals surface area contributed by atoms with Gasteiger partial charge in [-0.15, -0.1) is 0 Å². The fraction of sp³-hybridized carbons (Fsp3) is 0.222. The normalized spacial score (nSPS) is 13.5. The molecule has 3 rings (SSSR count). The van der Waals surface area contributed by atoms with Crippen LogP contribution in [0.3, 0.4) is 0 Å². The van der Waals surface area contributed by atoms with Crippen molar-refractivity contribution < 1.29 is 14.7 Å². The molecule has 0 aliphatic heterocycles. The minimum absolute atomic E-state index is 0.0434. The molecule has 1 aliphatic carbocycles. The Bertz CT molecular complexity index is 767. The van der Waals surface area contributed by atoms with Crippen LogP contribution >= 0.6 is 0 Å². The van der Waals surface area contributed by atoms with Crippen molar-refractivity contribution in [2.75, 3.05) is 13.7 Å². The maximum absolute atomic E-state index is 12.5. The van der Waals surface area contributed by atoms with Crippen LogP contribution in [0.2, 0.25) is 0 Å². The average molecular weight is 295 g/mol. The van der Waals surface area contributed by atoms with Gasteiger partial charge in [-0.05, 0) is 30.2 Å². The maximum atomic E-state index is 12.5. The predicted molar refractivity (Wildman–Crippen MR) is 84.0 cm³/mol. The quantitative estimate of drug-likeness (QED) is 0.807. The van der Waals surface area contributed by atoms with Crippen LogP contribution in [0, 0.1) is 0 Å². The zero-order valence-electron chi connectivity index (χ0n) is 12.5. The second-order valence-electron chi connectivity index (χ2n) is 5.58. The number of amides is 1. The number of hydrogen-bond donors (Lipinski definition) is 1. The number of benzene rings is 2. The molecule has 0 radical (unpaired) electrons. The SMILES string of the molecule is CC(CO)N(C)C(=O)c1ccc2c(c1)C(=O)c1ccccc1-2. The highest BCUT2D eigenvalue weighted by Gasteiger charge is 2.27. The molecule has 0 saturated heterocycles. The van der Waals surface area contributed by atoms with Gasteiger partial charge in [-0.1, -0.05) is 30.3 Å². The zero-order chi connectivity index (χ0) is 15.9. The van der Waals surface area contributed by atoms with Crippen molar-refractivity contribution in [1.29, 1.82) is 0 Å². The number of aliphatic hydroxyl groups excluding tert-OH is 1. The van der Waals surface area contributed by atoms with E-state index in [1.54, 1.807) is 32.2 Å². The van der Waals surface area contributed by atoms with Gasteiger partial charge < -0.3 is 10.0 Å². The molecule has 0 fully saturated rings. The third-order valence-electron chi connectivity index (χ3n) is 4.22. The Hall–Kier alpha value is -2.46. The molecule has 1 N–H and O–H groups in total. The van der Waals surface area contributed by atoms with E-state index in [9.17, 15) is 9.59 Å². The molecule has 1 atom stereocenters.